The van der Waals surface area contributed by atoms with E-state index in [4.69, 9.17) is 11.5 Å². The summed E-state index contributed by atoms with van der Waals surface area (Å²) in [5.41, 5.74) is 10.9. The molecule has 0 fully saturated rings. The Kier molecular flexibility index (Phi) is 3.28. The molecule has 0 aliphatic heterocycles. The van der Waals surface area contributed by atoms with Crippen LogP contribution >= 0.6 is 15.9 Å². The quantitative estimate of drug-likeness (QED) is 0.740. The largest absolute Gasteiger partial charge is 0.383 e. The number of halogens is 3. The predicted octanol–water partition coefficient (Wildman–Crippen LogP) is 2.43. The Labute approximate surface area is 109 Å². The van der Waals surface area contributed by atoms with Crippen molar-refractivity contribution in [2.75, 3.05) is 16.8 Å². The molecule has 1 aromatic heterocycles. The lowest BCUT2D eigenvalue weighted by molar-refractivity contribution is 0.581. The van der Waals surface area contributed by atoms with Gasteiger partial charge in [-0.15, -0.1) is 0 Å². The monoisotopic (exact) mass is 315 g/mol. The zero-order valence-electron chi connectivity index (χ0n) is 8.92. The Morgan fingerprint density at radius 3 is 2.44 bits per heavy atom. The minimum absolute atomic E-state index is 0.0424. The molecule has 18 heavy (non-hydrogen) atoms. The van der Waals surface area contributed by atoms with Crippen molar-refractivity contribution in [3.63, 3.8) is 0 Å². The number of nitrogen functional groups attached to an aromatic ring is 2. The number of nitrogens with two attached hydrogens (primary N) is 2. The highest BCUT2D eigenvalue weighted by Gasteiger charge is 2.09. The van der Waals surface area contributed by atoms with Crippen molar-refractivity contribution in [1.82, 2.24) is 9.97 Å². The van der Waals surface area contributed by atoms with Crippen LogP contribution in [-0.2, 0) is 0 Å². The zero-order chi connectivity index (χ0) is 13.3. The molecule has 0 amide bonds. The van der Waals surface area contributed by atoms with Crippen LogP contribution in [0.4, 0.5) is 32.1 Å². The van der Waals surface area contributed by atoms with E-state index in [1.807, 2.05) is 0 Å². The summed E-state index contributed by atoms with van der Waals surface area (Å²) in [5.74, 6) is -1.13. The van der Waals surface area contributed by atoms with Crippen molar-refractivity contribution in [3.8, 4) is 0 Å². The maximum absolute atomic E-state index is 13.5. The fourth-order valence-electron chi connectivity index (χ4n) is 1.31. The number of rotatable bonds is 2. The van der Waals surface area contributed by atoms with Gasteiger partial charge in [-0.3, -0.25) is 0 Å². The topological polar surface area (TPSA) is 89.8 Å². The third kappa shape index (κ3) is 2.65. The third-order valence-electron chi connectivity index (χ3n) is 2.04. The Morgan fingerprint density at radius 2 is 1.78 bits per heavy atom. The summed E-state index contributed by atoms with van der Waals surface area (Å²) in [6.07, 6.45) is 0. The number of anilines is 4. The third-order valence-corrected chi connectivity index (χ3v) is 2.64. The van der Waals surface area contributed by atoms with Crippen molar-refractivity contribution in [2.24, 2.45) is 0 Å². The van der Waals surface area contributed by atoms with Crippen LogP contribution in [0.5, 0.6) is 0 Å². The Hall–Kier alpha value is -1.96. The second-order valence-corrected chi connectivity index (χ2v) is 4.26. The fourth-order valence-corrected chi connectivity index (χ4v) is 1.65. The standard InChI is InChI=1S/C10H8BrF2N5/c11-4-1-7(6(13)2-5(4)12)16-9-3-8(14)17-10(15)18-9/h1-3H,(H5,14,15,16,17,18). The molecular formula is C10H8BrF2N5. The second kappa shape index (κ2) is 4.73. The molecular weight excluding hydrogens is 308 g/mol. The molecule has 0 bridgehead atoms. The molecule has 0 radical (unpaired) electrons. The lowest BCUT2D eigenvalue weighted by atomic mass is 10.3. The molecule has 94 valence electrons. The van der Waals surface area contributed by atoms with Gasteiger partial charge in [0.25, 0.3) is 0 Å². The van der Waals surface area contributed by atoms with Crippen molar-refractivity contribution in [1.29, 1.82) is 0 Å². The Balaban J connectivity index is 2.36. The van der Waals surface area contributed by atoms with Gasteiger partial charge in [-0.1, -0.05) is 0 Å². The summed E-state index contributed by atoms with van der Waals surface area (Å²) in [7, 11) is 0. The summed E-state index contributed by atoms with van der Waals surface area (Å²) < 4.78 is 26.7. The first-order valence-electron chi connectivity index (χ1n) is 4.77. The highest BCUT2D eigenvalue weighted by atomic mass is 79.9. The van der Waals surface area contributed by atoms with Crippen LogP contribution in [0.25, 0.3) is 0 Å². The first-order chi connectivity index (χ1) is 8.45. The summed E-state index contributed by atoms with van der Waals surface area (Å²) >= 11 is 2.96. The summed E-state index contributed by atoms with van der Waals surface area (Å²) in [5, 5.41) is 2.64. The Bertz CT molecular complexity index is 585. The van der Waals surface area contributed by atoms with Crippen molar-refractivity contribution < 1.29 is 8.78 Å². The highest BCUT2D eigenvalue weighted by molar-refractivity contribution is 9.10. The number of aromatic nitrogens is 2. The molecule has 5 nitrogen and oxygen atoms in total. The van der Waals surface area contributed by atoms with E-state index in [1.165, 1.54) is 12.1 Å². The predicted molar refractivity (Wildman–Crippen MR) is 68.2 cm³/mol. The van der Waals surface area contributed by atoms with E-state index < -0.39 is 11.6 Å². The first-order valence-corrected chi connectivity index (χ1v) is 5.56. The molecule has 0 aliphatic carbocycles. The molecule has 0 saturated carbocycles. The van der Waals surface area contributed by atoms with E-state index in [1.54, 1.807) is 0 Å². The number of hydrogen-bond donors (Lipinski definition) is 3. The van der Waals surface area contributed by atoms with Gasteiger partial charge in [-0.2, -0.15) is 9.97 Å². The van der Waals surface area contributed by atoms with Crippen LogP contribution in [0.15, 0.2) is 22.7 Å². The number of nitrogens with one attached hydrogen (secondary N) is 1. The SMILES string of the molecule is Nc1cc(Nc2cc(Br)c(F)cc2F)nc(N)n1. The van der Waals surface area contributed by atoms with Gasteiger partial charge in [-0.25, -0.2) is 8.78 Å². The molecule has 5 N–H and O–H groups in total. The van der Waals surface area contributed by atoms with Crippen LogP contribution in [0.1, 0.15) is 0 Å². The van der Waals surface area contributed by atoms with Crippen LogP contribution in [0.3, 0.4) is 0 Å². The van der Waals surface area contributed by atoms with E-state index in [9.17, 15) is 8.78 Å². The first kappa shape index (κ1) is 12.5. The van der Waals surface area contributed by atoms with E-state index in [0.29, 0.717) is 0 Å². The van der Waals surface area contributed by atoms with Crippen molar-refractivity contribution >= 4 is 39.2 Å². The fraction of sp³-hybridized carbons (Fsp3) is 0. The van der Waals surface area contributed by atoms with E-state index in [-0.39, 0.29) is 27.7 Å². The van der Waals surface area contributed by atoms with Gasteiger partial charge >= 0.3 is 0 Å². The smallest absolute Gasteiger partial charge is 0.223 e. The molecule has 8 heteroatoms. The molecule has 0 spiro atoms. The lowest BCUT2D eigenvalue weighted by Gasteiger charge is -2.08. The van der Waals surface area contributed by atoms with E-state index in [2.05, 4.69) is 31.2 Å². The van der Waals surface area contributed by atoms with Crippen LogP contribution in [-0.4, -0.2) is 9.97 Å². The van der Waals surface area contributed by atoms with Gasteiger partial charge in [-0.05, 0) is 22.0 Å². The molecule has 1 aromatic carbocycles. The summed E-state index contributed by atoms with van der Waals surface area (Å²) in [6, 6.07) is 3.38. The van der Waals surface area contributed by atoms with Crippen LogP contribution < -0.4 is 16.8 Å². The maximum Gasteiger partial charge on any atom is 0.223 e. The van der Waals surface area contributed by atoms with Crippen molar-refractivity contribution in [3.05, 3.63) is 34.3 Å². The van der Waals surface area contributed by atoms with Crippen molar-refractivity contribution in [2.45, 2.75) is 0 Å². The van der Waals surface area contributed by atoms with E-state index in [0.717, 1.165) is 6.07 Å². The summed E-state index contributed by atoms with van der Waals surface area (Å²) in [6.45, 7) is 0. The average Bonchev–Trinajstić information content (AvgIpc) is 2.24. The molecule has 0 saturated heterocycles. The minimum atomic E-state index is -0.758. The maximum atomic E-state index is 13.5. The molecule has 0 aliphatic rings. The normalized spacial score (nSPS) is 10.4. The number of hydrogen-bond acceptors (Lipinski definition) is 5. The van der Waals surface area contributed by atoms with Gasteiger partial charge in [0.2, 0.25) is 5.95 Å². The zero-order valence-corrected chi connectivity index (χ0v) is 10.5. The van der Waals surface area contributed by atoms with Gasteiger partial charge in [0.1, 0.15) is 23.3 Å². The average molecular weight is 316 g/mol. The second-order valence-electron chi connectivity index (χ2n) is 3.41. The van der Waals surface area contributed by atoms with Gasteiger partial charge < -0.3 is 16.8 Å². The molecule has 2 rings (SSSR count). The summed E-state index contributed by atoms with van der Waals surface area (Å²) in [4.78, 5) is 7.49. The van der Waals surface area contributed by atoms with Gasteiger partial charge in [0.15, 0.2) is 0 Å². The number of benzene rings is 1. The van der Waals surface area contributed by atoms with Gasteiger partial charge in [0, 0.05) is 12.1 Å². The molecule has 0 unspecified atom stereocenters. The minimum Gasteiger partial charge on any atom is -0.383 e. The van der Waals surface area contributed by atoms with Gasteiger partial charge in [0.05, 0.1) is 10.2 Å². The number of nitrogens with zero attached hydrogens (tertiary/aromatic N) is 2. The molecule has 0 atom stereocenters. The Morgan fingerprint density at radius 1 is 1.06 bits per heavy atom. The van der Waals surface area contributed by atoms with Crippen LogP contribution in [0, 0.1) is 11.6 Å². The van der Waals surface area contributed by atoms with Crippen LogP contribution in [0.2, 0.25) is 0 Å². The lowest BCUT2D eigenvalue weighted by Crippen LogP contribution is -2.04. The van der Waals surface area contributed by atoms with E-state index >= 15 is 0 Å². The molecule has 1 heterocycles. The molecule has 2 aromatic rings. The highest BCUT2D eigenvalue weighted by Crippen LogP contribution is 2.26.